The molecule has 0 aliphatic rings. The molecule has 0 amide bonds. The summed E-state index contributed by atoms with van der Waals surface area (Å²) < 4.78 is 0. The molecular formula is C8H7NO3. The fourth-order valence-electron chi connectivity index (χ4n) is 0.732. The Balaban J connectivity index is 2.77. The fraction of sp³-hybridized carbons (Fsp3) is 0. The summed E-state index contributed by atoms with van der Waals surface area (Å²) in [5.74, 6) is 0.147. The van der Waals surface area contributed by atoms with Gasteiger partial charge in [-0.05, 0) is 17.7 Å². The number of phenolic OH excluding ortho intramolecular Hbond substituents is 1. The zero-order chi connectivity index (χ0) is 8.97. The van der Waals surface area contributed by atoms with Gasteiger partial charge in [-0.15, -0.1) is 0 Å². The zero-order valence-corrected chi connectivity index (χ0v) is 6.18. The van der Waals surface area contributed by atoms with E-state index in [-0.39, 0.29) is 5.75 Å². The van der Waals surface area contributed by atoms with Gasteiger partial charge in [0.1, 0.15) is 5.75 Å². The highest BCUT2D eigenvalue weighted by atomic mass is 16.6. The maximum atomic E-state index is 9.91. The molecule has 0 aliphatic heterocycles. The lowest BCUT2D eigenvalue weighted by molar-refractivity contribution is -0.400. The normalized spacial score (nSPS) is 10.3. The van der Waals surface area contributed by atoms with Crippen molar-refractivity contribution in [2.45, 2.75) is 0 Å². The lowest BCUT2D eigenvalue weighted by atomic mass is 10.2. The number of rotatable bonds is 2. The Bertz CT molecular complexity index is 303. The van der Waals surface area contributed by atoms with Crippen LogP contribution in [-0.2, 0) is 0 Å². The van der Waals surface area contributed by atoms with Crippen LogP contribution in [0.5, 0.6) is 5.75 Å². The maximum Gasteiger partial charge on any atom is 0.235 e. The van der Waals surface area contributed by atoms with Crippen molar-refractivity contribution in [1.29, 1.82) is 0 Å². The van der Waals surface area contributed by atoms with Gasteiger partial charge in [-0.25, -0.2) is 0 Å². The minimum atomic E-state index is -0.535. The second-order valence-electron chi connectivity index (χ2n) is 2.19. The highest BCUT2D eigenvalue weighted by Crippen LogP contribution is 2.10. The molecule has 0 radical (unpaired) electrons. The highest BCUT2D eigenvalue weighted by Gasteiger charge is 1.90. The lowest BCUT2D eigenvalue weighted by Gasteiger charge is -1.91. The Morgan fingerprint density at radius 2 is 1.92 bits per heavy atom. The molecule has 0 aliphatic carbocycles. The van der Waals surface area contributed by atoms with Crippen molar-refractivity contribution in [1.82, 2.24) is 0 Å². The quantitative estimate of drug-likeness (QED) is 0.535. The number of aromatic hydroxyl groups is 1. The molecule has 0 aromatic heterocycles. The summed E-state index contributed by atoms with van der Waals surface area (Å²) in [5, 5.41) is 18.8. The van der Waals surface area contributed by atoms with Crippen LogP contribution in [0.15, 0.2) is 30.5 Å². The van der Waals surface area contributed by atoms with E-state index >= 15 is 0 Å². The van der Waals surface area contributed by atoms with Crippen molar-refractivity contribution >= 4 is 6.08 Å². The topological polar surface area (TPSA) is 63.4 Å². The van der Waals surface area contributed by atoms with E-state index in [0.29, 0.717) is 5.56 Å². The largest absolute Gasteiger partial charge is 0.508 e. The molecule has 0 saturated carbocycles. The van der Waals surface area contributed by atoms with E-state index < -0.39 is 4.92 Å². The van der Waals surface area contributed by atoms with E-state index in [1.165, 1.54) is 18.2 Å². The van der Waals surface area contributed by atoms with Crippen molar-refractivity contribution in [2.24, 2.45) is 0 Å². The predicted octanol–water partition coefficient (Wildman–Crippen LogP) is 1.64. The first-order valence-electron chi connectivity index (χ1n) is 3.29. The van der Waals surface area contributed by atoms with Gasteiger partial charge in [0.05, 0.1) is 4.92 Å². The van der Waals surface area contributed by atoms with Crippen LogP contribution in [0.1, 0.15) is 5.56 Å². The molecule has 12 heavy (non-hydrogen) atoms. The smallest absolute Gasteiger partial charge is 0.235 e. The van der Waals surface area contributed by atoms with E-state index in [9.17, 15) is 10.1 Å². The zero-order valence-electron chi connectivity index (χ0n) is 6.18. The number of hydrogen-bond acceptors (Lipinski definition) is 3. The van der Waals surface area contributed by atoms with Gasteiger partial charge in [-0.1, -0.05) is 12.1 Å². The number of nitrogens with zero attached hydrogens (tertiary/aromatic N) is 1. The van der Waals surface area contributed by atoms with Crippen LogP contribution in [0.25, 0.3) is 6.08 Å². The molecule has 0 unspecified atom stereocenters. The van der Waals surface area contributed by atoms with Gasteiger partial charge in [0, 0.05) is 6.08 Å². The van der Waals surface area contributed by atoms with E-state index in [4.69, 9.17) is 5.11 Å². The first kappa shape index (κ1) is 8.26. The summed E-state index contributed by atoms with van der Waals surface area (Å²) >= 11 is 0. The van der Waals surface area contributed by atoms with Crippen molar-refractivity contribution in [3.63, 3.8) is 0 Å². The van der Waals surface area contributed by atoms with Crippen LogP contribution in [0, 0.1) is 10.1 Å². The number of nitro groups is 1. The van der Waals surface area contributed by atoms with Crippen LogP contribution in [-0.4, -0.2) is 10.0 Å². The summed E-state index contributed by atoms with van der Waals surface area (Å²) in [6.45, 7) is 0. The van der Waals surface area contributed by atoms with E-state index in [2.05, 4.69) is 0 Å². The van der Waals surface area contributed by atoms with Crippen molar-refractivity contribution in [2.75, 3.05) is 0 Å². The molecule has 62 valence electrons. The average Bonchev–Trinajstić information content (AvgIpc) is 2.03. The third kappa shape index (κ3) is 2.42. The monoisotopic (exact) mass is 165 g/mol. The first-order valence-corrected chi connectivity index (χ1v) is 3.29. The van der Waals surface area contributed by atoms with Gasteiger partial charge in [0.25, 0.3) is 0 Å². The fourth-order valence-corrected chi connectivity index (χ4v) is 0.732. The minimum absolute atomic E-state index is 0.147. The summed E-state index contributed by atoms with van der Waals surface area (Å²) in [7, 11) is 0. The third-order valence-corrected chi connectivity index (χ3v) is 1.28. The van der Waals surface area contributed by atoms with Crippen molar-refractivity contribution < 1.29 is 10.0 Å². The molecule has 1 aromatic rings. The number of phenols is 1. The SMILES string of the molecule is O=[N+]([O-])/C=C/c1ccc(O)cc1. The number of benzene rings is 1. The second kappa shape index (κ2) is 3.52. The van der Waals surface area contributed by atoms with Crippen molar-refractivity contribution in [3.05, 3.63) is 46.1 Å². The molecule has 1 N–H and O–H groups in total. The molecule has 0 bridgehead atoms. The molecular weight excluding hydrogens is 158 g/mol. The van der Waals surface area contributed by atoms with Gasteiger partial charge in [-0.2, -0.15) is 0 Å². The number of hydrogen-bond donors (Lipinski definition) is 1. The molecule has 4 nitrogen and oxygen atoms in total. The Kier molecular flexibility index (Phi) is 2.42. The maximum absolute atomic E-state index is 9.91. The molecule has 1 aromatic carbocycles. The molecule has 4 heteroatoms. The van der Waals surface area contributed by atoms with Crippen LogP contribution in [0.4, 0.5) is 0 Å². The Labute approximate surface area is 68.9 Å². The van der Waals surface area contributed by atoms with E-state index in [0.717, 1.165) is 6.20 Å². The highest BCUT2D eigenvalue weighted by molar-refractivity contribution is 5.49. The van der Waals surface area contributed by atoms with Crippen LogP contribution in [0.2, 0.25) is 0 Å². The molecule has 0 saturated heterocycles. The van der Waals surface area contributed by atoms with Gasteiger partial charge >= 0.3 is 0 Å². The third-order valence-electron chi connectivity index (χ3n) is 1.28. The average molecular weight is 165 g/mol. The Hall–Kier alpha value is -1.84. The molecule has 0 fully saturated rings. The first-order chi connectivity index (χ1) is 5.68. The Morgan fingerprint density at radius 1 is 1.33 bits per heavy atom. The molecule has 0 spiro atoms. The van der Waals surface area contributed by atoms with Gasteiger partial charge in [-0.3, -0.25) is 10.1 Å². The Morgan fingerprint density at radius 3 is 2.42 bits per heavy atom. The van der Waals surface area contributed by atoms with Crippen molar-refractivity contribution in [3.8, 4) is 5.75 Å². The van der Waals surface area contributed by atoms with Crippen LogP contribution < -0.4 is 0 Å². The van der Waals surface area contributed by atoms with E-state index in [1.807, 2.05) is 0 Å². The van der Waals surface area contributed by atoms with Crippen LogP contribution in [0.3, 0.4) is 0 Å². The standard InChI is InChI=1S/C8H7NO3/c10-8-3-1-7(2-4-8)5-6-9(11)12/h1-6,10H/b6-5+. The molecule has 0 atom stereocenters. The van der Waals surface area contributed by atoms with Gasteiger partial charge < -0.3 is 5.11 Å². The molecule has 1 rings (SSSR count). The second-order valence-corrected chi connectivity index (χ2v) is 2.19. The van der Waals surface area contributed by atoms with Gasteiger partial charge in [0.2, 0.25) is 6.20 Å². The lowest BCUT2D eigenvalue weighted by Crippen LogP contribution is -1.81. The minimum Gasteiger partial charge on any atom is -0.508 e. The van der Waals surface area contributed by atoms with E-state index in [1.54, 1.807) is 12.1 Å². The summed E-state index contributed by atoms with van der Waals surface area (Å²) in [6.07, 6.45) is 2.21. The predicted molar refractivity (Wildman–Crippen MR) is 44.1 cm³/mol. The summed E-state index contributed by atoms with van der Waals surface area (Å²) in [4.78, 5) is 9.37. The summed E-state index contributed by atoms with van der Waals surface area (Å²) in [6, 6.07) is 6.13. The molecule has 0 heterocycles. The summed E-state index contributed by atoms with van der Waals surface area (Å²) in [5.41, 5.74) is 0.685. The van der Waals surface area contributed by atoms with Crippen LogP contribution >= 0.6 is 0 Å². The van der Waals surface area contributed by atoms with Gasteiger partial charge in [0.15, 0.2) is 0 Å².